The number of aromatic nitrogens is 2. The molecule has 0 atom stereocenters. The van der Waals surface area contributed by atoms with Gasteiger partial charge in [-0.3, -0.25) is 9.36 Å². The van der Waals surface area contributed by atoms with Crippen LogP contribution in [0.25, 0.3) is 28.0 Å². The van der Waals surface area contributed by atoms with E-state index in [1.165, 1.54) is 0 Å². The van der Waals surface area contributed by atoms with Crippen molar-refractivity contribution in [3.05, 3.63) is 81.5 Å². The molecule has 6 heteroatoms. The molecule has 0 N–H and O–H groups in total. The van der Waals surface area contributed by atoms with Gasteiger partial charge in [0.15, 0.2) is 5.76 Å². The molecule has 0 aliphatic carbocycles. The van der Waals surface area contributed by atoms with Crippen molar-refractivity contribution in [2.24, 2.45) is 0 Å². The van der Waals surface area contributed by atoms with Crippen molar-refractivity contribution in [3.8, 4) is 17.0 Å². The maximum Gasteiger partial charge on any atom is 0.217 e. The van der Waals surface area contributed by atoms with Crippen molar-refractivity contribution >= 4 is 34.2 Å². The zero-order chi connectivity index (χ0) is 16.7. The number of para-hydroxylation sites is 1. The first-order valence-electron chi connectivity index (χ1n) is 7.15. The second-order valence-electron chi connectivity index (χ2n) is 5.20. The van der Waals surface area contributed by atoms with Gasteiger partial charge in [-0.05, 0) is 30.3 Å². The molecule has 4 aromatic rings. The van der Waals surface area contributed by atoms with Gasteiger partial charge in [0.05, 0.1) is 16.7 Å². The maximum atomic E-state index is 13.0. The molecule has 118 valence electrons. The number of hydrogen-bond acceptors (Lipinski definition) is 3. The van der Waals surface area contributed by atoms with Gasteiger partial charge in [0, 0.05) is 23.0 Å². The second-order valence-corrected chi connectivity index (χ2v) is 6.04. The van der Waals surface area contributed by atoms with Gasteiger partial charge in [-0.25, -0.2) is 4.98 Å². The lowest BCUT2D eigenvalue weighted by atomic mass is 10.1. The van der Waals surface area contributed by atoms with Crippen molar-refractivity contribution in [1.82, 2.24) is 9.55 Å². The normalized spacial score (nSPS) is 11.1. The van der Waals surface area contributed by atoms with Crippen LogP contribution in [0.2, 0.25) is 10.0 Å². The van der Waals surface area contributed by atoms with E-state index >= 15 is 0 Å². The SMILES string of the molecule is O=c1c(-n2ccnc2)c(-c2ccc(Cl)cc2Cl)oc2ccccc12. The number of benzene rings is 2. The fourth-order valence-corrected chi connectivity index (χ4v) is 3.11. The van der Waals surface area contributed by atoms with E-state index in [2.05, 4.69) is 4.98 Å². The molecule has 0 radical (unpaired) electrons. The van der Waals surface area contributed by atoms with Crippen LogP contribution in [0.3, 0.4) is 0 Å². The molecule has 0 bridgehead atoms. The highest BCUT2D eigenvalue weighted by Gasteiger charge is 2.19. The standard InChI is InChI=1S/C18H10Cl2N2O2/c19-11-5-6-12(14(20)9-11)18-16(22-8-7-21-10-22)17(23)13-3-1-2-4-15(13)24-18/h1-10H. The minimum Gasteiger partial charge on any atom is -0.454 e. The average Bonchev–Trinajstić information content (AvgIpc) is 3.09. The average molecular weight is 357 g/mol. The molecule has 0 saturated carbocycles. The van der Waals surface area contributed by atoms with E-state index in [0.29, 0.717) is 38.0 Å². The minimum atomic E-state index is -0.157. The highest BCUT2D eigenvalue weighted by molar-refractivity contribution is 6.36. The van der Waals surface area contributed by atoms with Gasteiger partial charge in [0.1, 0.15) is 11.3 Å². The van der Waals surface area contributed by atoms with E-state index in [1.807, 2.05) is 6.07 Å². The van der Waals surface area contributed by atoms with Crippen LogP contribution in [0.4, 0.5) is 0 Å². The molecule has 4 nitrogen and oxygen atoms in total. The van der Waals surface area contributed by atoms with Gasteiger partial charge >= 0.3 is 0 Å². The van der Waals surface area contributed by atoms with Crippen molar-refractivity contribution in [1.29, 1.82) is 0 Å². The van der Waals surface area contributed by atoms with Crippen LogP contribution in [0.15, 0.2) is 70.4 Å². The Hall–Kier alpha value is -2.56. The summed E-state index contributed by atoms with van der Waals surface area (Å²) in [6, 6.07) is 12.1. The Bertz CT molecular complexity index is 1100. The summed E-state index contributed by atoms with van der Waals surface area (Å²) in [5.74, 6) is 0.373. The molecule has 2 aromatic carbocycles. The van der Waals surface area contributed by atoms with E-state index in [9.17, 15) is 4.79 Å². The summed E-state index contributed by atoms with van der Waals surface area (Å²) in [4.78, 5) is 17.0. The Labute approximate surface area is 146 Å². The Morgan fingerprint density at radius 1 is 1.08 bits per heavy atom. The first-order valence-corrected chi connectivity index (χ1v) is 7.90. The predicted molar refractivity (Wildman–Crippen MR) is 95.1 cm³/mol. The molecule has 0 fully saturated rings. The third-order valence-corrected chi connectivity index (χ3v) is 4.26. The second kappa shape index (κ2) is 5.82. The van der Waals surface area contributed by atoms with Crippen LogP contribution in [0.5, 0.6) is 0 Å². The fraction of sp³-hybridized carbons (Fsp3) is 0. The number of nitrogens with zero attached hydrogens (tertiary/aromatic N) is 2. The van der Waals surface area contributed by atoms with Gasteiger partial charge in [-0.1, -0.05) is 35.3 Å². The lowest BCUT2D eigenvalue weighted by molar-refractivity contribution is 0.614. The Morgan fingerprint density at radius 3 is 2.67 bits per heavy atom. The largest absolute Gasteiger partial charge is 0.454 e. The first kappa shape index (κ1) is 15.0. The van der Waals surface area contributed by atoms with E-state index in [0.717, 1.165) is 0 Å². The lowest BCUT2D eigenvalue weighted by Gasteiger charge is -2.12. The van der Waals surface area contributed by atoms with Crippen molar-refractivity contribution in [2.45, 2.75) is 0 Å². The number of hydrogen-bond donors (Lipinski definition) is 0. The van der Waals surface area contributed by atoms with E-state index in [4.69, 9.17) is 27.6 Å². The first-order chi connectivity index (χ1) is 11.6. The van der Waals surface area contributed by atoms with Gasteiger partial charge in [-0.2, -0.15) is 0 Å². The van der Waals surface area contributed by atoms with E-state index in [-0.39, 0.29) is 5.43 Å². The summed E-state index contributed by atoms with van der Waals surface area (Å²) in [6.07, 6.45) is 4.84. The van der Waals surface area contributed by atoms with Crippen molar-refractivity contribution < 1.29 is 4.42 Å². The topological polar surface area (TPSA) is 48.0 Å². The van der Waals surface area contributed by atoms with Crippen LogP contribution >= 0.6 is 23.2 Å². The summed E-state index contributed by atoms with van der Waals surface area (Å²) in [6.45, 7) is 0. The Kier molecular flexibility index (Phi) is 3.63. The molecule has 24 heavy (non-hydrogen) atoms. The predicted octanol–water partition coefficient (Wildman–Crippen LogP) is 4.95. The zero-order valence-electron chi connectivity index (χ0n) is 12.2. The highest BCUT2D eigenvalue weighted by atomic mass is 35.5. The fourth-order valence-electron chi connectivity index (χ4n) is 2.61. The number of halogens is 2. The monoisotopic (exact) mass is 356 g/mol. The zero-order valence-corrected chi connectivity index (χ0v) is 13.8. The van der Waals surface area contributed by atoms with Gasteiger partial charge < -0.3 is 4.42 Å². The third kappa shape index (κ3) is 2.40. The Morgan fingerprint density at radius 2 is 1.92 bits per heavy atom. The molecular weight excluding hydrogens is 347 g/mol. The summed E-state index contributed by atoms with van der Waals surface area (Å²) in [5, 5.41) is 1.41. The third-order valence-electron chi connectivity index (χ3n) is 3.71. The van der Waals surface area contributed by atoms with Crippen LogP contribution < -0.4 is 5.43 Å². The quantitative estimate of drug-likeness (QED) is 0.510. The molecule has 0 amide bonds. The van der Waals surface area contributed by atoms with Crippen molar-refractivity contribution in [2.75, 3.05) is 0 Å². The van der Waals surface area contributed by atoms with Crippen LogP contribution in [0, 0.1) is 0 Å². The molecule has 4 rings (SSSR count). The number of imidazole rings is 1. The summed E-state index contributed by atoms with van der Waals surface area (Å²) >= 11 is 12.3. The number of rotatable bonds is 2. The molecule has 2 heterocycles. The van der Waals surface area contributed by atoms with Crippen LogP contribution in [0.1, 0.15) is 0 Å². The highest BCUT2D eigenvalue weighted by Crippen LogP contribution is 2.34. The summed E-state index contributed by atoms with van der Waals surface area (Å²) < 4.78 is 7.65. The molecular formula is C18H10Cl2N2O2. The smallest absolute Gasteiger partial charge is 0.217 e. The maximum absolute atomic E-state index is 13.0. The number of fused-ring (bicyclic) bond motifs is 1. The van der Waals surface area contributed by atoms with Gasteiger partial charge in [0.2, 0.25) is 5.43 Å². The molecule has 0 unspecified atom stereocenters. The molecule has 0 aliphatic heterocycles. The van der Waals surface area contributed by atoms with E-state index in [1.54, 1.807) is 59.7 Å². The molecule has 0 aliphatic rings. The Balaban J connectivity index is 2.14. The summed E-state index contributed by atoms with van der Waals surface area (Å²) in [7, 11) is 0. The lowest BCUT2D eigenvalue weighted by Crippen LogP contribution is -2.12. The van der Waals surface area contributed by atoms with Crippen molar-refractivity contribution in [3.63, 3.8) is 0 Å². The van der Waals surface area contributed by atoms with Gasteiger partial charge in [0.25, 0.3) is 0 Å². The minimum absolute atomic E-state index is 0.157. The molecule has 0 saturated heterocycles. The summed E-state index contributed by atoms with van der Waals surface area (Å²) in [5.41, 5.74) is 1.28. The van der Waals surface area contributed by atoms with Crippen LogP contribution in [-0.2, 0) is 0 Å². The molecule has 2 aromatic heterocycles. The van der Waals surface area contributed by atoms with Gasteiger partial charge in [-0.15, -0.1) is 0 Å². The van der Waals surface area contributed by atoms with E-state index < -0.39 is 0 Å². The molecule has 0 spiro atoms. The van der Waals surface area contributed by atoms with Crippen LogP contribution in [-0.4, -0.2) is 9.55 Å².